The van der Waals surface area contributed by atoms with Gasteiger partial charge >= 0.3 is 15.5 Å². The van der Waals surface area contributed by atoms with E-state index in [-0.39, 0.29) is 4.13 Å². The predicted octanol–water partition coefficient (Wildman–Crippen LogP) is 1.68. The fraction of sp³-hybridized carbons (Fsp3) is 0.250. The Morgan fingerprint density at radius 1 is 0.818 bits per heavy atom. The first-order valence-corrected chi connectivity index (χ1v) is 7.77. The Bertz CT molecular complexity index is 800. The molecule has 0 unspecified atom stereocenters. The van der Waals surface area contributed by atoms with E-state index in [1.807, 2.05) is 0 Å². The monoisotopic (exact) mass is 375 g/mol. The third-order valence-corrected chi connectivity index (χ3v) is 5.50. The molecule has 0 heterocycles. The van der Waals surface area contributed by atoms with E-state index in [0.717, 1.165) is 0 Å². The van der Waals surface area contributed by atoms with E-state index >= 15 is 0 Å². The second kappa shape index (κ2) is 5.34. The quantitative estimate of drug-likeness (QED) is 0.644. The lowest BCUT2D eigenvalue weighted by atomic mass is 10.2. The van der Waals surface area contributed by atoms with Crippen molar-refractivity contribution in [2.75, 3.05) is 0 Å². The van der Waals surface area contributed by atoms with Gasteiger partial charge in [0.15, 0.2) is 28.2 Å². The molecule has 0 aliphatic carbocycles. The Kier molecular flexibility index (Phi) is 4.53. The van der Waals surface area contributed by atoms with Gasteiger partial charge in [0.2, 0.25) is 0 Å². The maximum absolute atomic E-state index is 13.4. The van der Waals surface area contributed by atoms with Crippen molar-refractivity contribution in [3.8, 4) is 0 Å². The molecule has 0 amide bonds. The van der Waals surface area contributed by atoms with Crippen molar-refractivity contribution < 1.29 is 47.6 Å². The highest BCUT2D eigenvalue weighted by Crippen LogP contribution is 2.29. The summed E-state index contributed by atoms with van der Waals surface area (Å²) in [5.41, 5.74) is -7.43. The van der Waals surface area contributed by atoms with E-state index in [1.165, 1.54) is 0 Å². The first-order valence-electron chi connectivity index (χ1n) is 4.81. The van der Waals surface area contributed by atoms with E-state index in [2.05, 4.69) is 0 Å². The van der Waals surface area contributed by atoms with Crippen LogP contribution in [0.25, 0.3) is 0 Å². The summed E-state index contributed by atoms with van der Waals surface area (Å²) in [6, 6.07) is 0. The van der Waals surface area contributed by atoms with E-state index in [0.29, 0.717) is 6.92 Å². The molecule has 1 aromatic carbocycles. The van der Waals surface area contributed by atoms with E-state index in [4.69, 9.17) is 0 Å². The fourth-order valence-electron chi connectivity index (χ4n) is 1.19. The molecule has 5 nitrogen and oxygen atoms in total. The summed E-state index contributed by atoms with van der Waals surface area (Å²) in [4.78, 5) is -2.53. The molecule has 22 heavy (non-hydrogen) atoms. The summed E-state index contributed by atoms with van der Waals surface area (Å²) in [7, 11) is -12.7. The van der Waals surface area contributed by atoms with Crippen LogP contribution in [-0.4, -0.2) is 22.3 Å². The van der Waals surface area contributed by atoms with Crippen LogP contribution < -0.4 is 4.13 Å². The number of alkyl halides is 3. The second-order valence-electron chi connectivity index (χ2n) is 3.75. The number of halogens is 7. The van der Waals surface area contributed by atoms with Gasteiger partial charge in [-0.1, -0.05) is 4.13 Å². The Morgan fingerprint density at radius 2 is 1.18 bits per heavy atom. The molecule has 0 radical (unpaired) electrons. The van der Waals surface area contributed by atoms with Crippen molar-refractivity contribution in [2.24, 2.45) is 0 Å². The third-order valence-electron chi connectivity index (χ3n) is 2.24. The summed E-state index contributed by atoms with van der Waals surface area (Å²) in [5, 5.41) is 0. The van der Waals surface area contributed by atoms with Crippen molar-refractivity contribution in [3.05, 3.63) is 28.8 Å². The van der Waals surface area contributed by atoms with Crippen LogP contribution >= 0.6 is 0 Å². The molecule has 0 saturated heterocycles. The summed E-state index contributed by atoms with van der Waals surface area (Å²) < 4.78 is 133. The summed E-state index contributed by atoms with van der Waals surface area (Å²) in [6.45, 7) is 0.521. The number of sulfonamides is 2. The highest BCUT2D eigenvalue weighted by Gasteiger charge is 2.49. The lowest BCUT2D eigenvalue weighted by Gasteiger charge is -2.12. The molecule has 0 fully saturated rings. The fourth-order valence-corrected chi connectivity index (χ4v) is 3.71. The normalized spacial score (nSPS) is 13.5. The molecule has 1 rings (SSSR count). The minimum atomic E-state index is -6.59. The molecule has 0 aliphatic rings. The zero-order valence-corrected chi connectivity index (χ0v) is 11.7. The Balaban J connectivity index is 3.64. The highest BCUT2D eigenvalue weighted by molar-refractivity contribution is 8.05. The molecule has 0 aliphatic heterocycles. The largest absolute Gasteiger partial charge is 0.512 e. The smallest absolute Gasteiger partial charge is 0.206 e. The van der Waals surface area contributed by atoms with Crippen LogP contribution in [0.4, 0.5) is 30.7 Å². The third kappa shape index (κ3) is 3.03. The lowest BCUT2D eigenvalue weighted by molar-refractivity contribution is -0.0441. The van der Waals surface area contributed by atoms with Crippen LogP contribution in [0, 0.1) is 30.2 Å². The lowest BCUT2D eigenvalue weighted by Crippen LogP contribution is -2.41. The standard InChI is InChI=1S/C8H4F7NO4S2/c1-2-3(9)5(11)7(6(12)4(2)10)21(17,18)16-22(19,20)8(13,14)15/h16H,1H3. The van der Waals surface area contributed by atoms with Gasteiger partial charge in [0.25, 0.3) is 10.0 Å². The maximum atomic E-state index is 13.4. The van der Waals surface area contributed by atoms with E-state index < -0.39 is 59.3 Å². The molecular weight excluding hydrogens is 371 g/mol. The van der Waals surface area contributed by atoms with Crippen LogP contribution in [0.1, 0.15) is 5.56 Å². The molecule has 0 atom stereocenters. The van der Waals surface area contributed by atoms with Gasteiger partial charge in [-0.15, -0.1) is 0 Å². The molecule has 0 spiro atoms. The molecule has 14 heteroatoms. The molecular formula is C8H4F7NO4S2. The number of rotatable bonds is 3. The minimum absolute atomic E-state index is 0.0495. The number of benzene rings is 1. The van der Waals surface area contributed by atoms with Crippen LogP contribution in [0.15, 0.2) is 4.90 Å². The predicted molar refractivity (Wildman–Crippen MR) is 56.3 cm³/mol. The highest BCUT2D eigenvalue weighted by atomic mass is 32.3. The van der Waals surface area contributed by atoms with Crippen LogP contribution in [-0.2, 0) is 20.0 Å². The zero-order valence-electron chi connectivity index (χ0n) is 10.1. The van der Waals surface area contributed by atoms with Crippen molar-refractivity contribution in [3.63, 3.8) is 0 Å². The van der Waals surface area contributed by atoms with Crippen molar-refractivity contribution in [1.29, 1.82) is 0 Å². The molecule has 0 aromatic heterocycles. The van der Waals surface area contributed by atoms with Crippen molar-refractivity contribution in [2.45, 2.75) is 17.3 Å². The van der Waals surface area contributed by atoms with E-state index in [9.17, 15) is 47.6 Å². The van der Waals surface area contributed by atoms with Gasteiger partial charge in [-0.3, -0.25) is 0 Å². The van der Waals surface area contributed by atoms with Crippen LogP contribution in [0.2, 0.25) is 0 Å². The average molecular weight is 375 g/mol. The Hall–Kier alpha value is -1.41. The Labute approximate surface area is 118 Å². The summed E-state index contributed by atoms with van der Waals surface area (Å²) in [6.07, 6.45) is 0. The topological polar surface area (TPSA) is 80.3 Å². The molecule has 126 valence electrons. The molecule has 0 bridgehead atoms. The van der Waals surface area contributed by atoms with Crippen molar-refractivity contribution >= 4 is 20.0 Å². The number of nitrogens with one attached hydrogen (secondary N) is 1. The maximum Gasteiger partial charge on any atom is 0.512 e. The van der Waals surface area contributed by atoms with Gasteiger partial charge in [-0.25, -0.2) is 34.4 Å². The summed E-state index contributed by atoms with van der Waals surface area (Å²) >= 11 is 0. The van der Waals surface area contributed by atoms with E-state index in [1.54, 1.807) is 0 Å². The summed E-state index contributed by atoms with van der Waals surface area (Å²) in [5.74, 6) is -9.55. The van der Waals surface area contributed by atoms with Gasteiger partial charge in [-0.2, -0.15) is 13.2 Å². The van der Waals surface area contributed by atoms with Gasteiger partial charge in [0.1, 0.15) is 0 Å². The van der Waals surface area contributed by atoms with Crippen LogP contribution in [0.5, 0.6) is 0 Å². The molecule has 1 aromatic rings. The average Bonchev–Trinajstić information content (AvgIpc) is 2.31. The van der Waals surface area contributed by atoms with Gasteiger partial charge < -0.3 is 0 Å². The molecule has 1 N–H and O–H groups in total. The number of hydrogen-bond acceptors (Lipinski definition) is 4. The second-order valence-corrected chi connectivity index (χ2v) is 7.30. The van der Waals surface area contributed by atoms with Crippen molar-refractivity contribution in [1.82, 2.24) is 4.13 Å². The zero-order chi connectivity index (χ0) is 17.7. The van der Waals surface area contributed by atoms with Gasteiger partial charge in [-0.05, 0) is 6.92 Å². The van der Waals surface area contributed by atoms with Gasteiger partial charge in [0.05, 0.1) is 0 Å². The minimum Gasteiger partial charge on any atom is -0.206 e. The molecule has 0 saturated carbocycles. The Morgan fingerprint density at radius 3 is 1.50 bits per heavy atom. The first kappa shape index (κ1) is 18.6. The van der Waals surface area contributed by atoms with Crippen LogP contribution in [0.3, 0.4) is 0 Å². The first-order chi connectivity index (χ1) is 9.63. The SMILES string of the molecule is Cc1c(F)c(F)c(S(=O)(=O)NS(=O)(=O)C(F)(F)F)c(F)c1F. The number of hydrogen-bond donors (Lipinski definition) is 1. The van der Waals surface area contributed by atoms with Gasteiger partial charge in [0, 0.05) is 5.56 Å².